The molecule has 0 aliphatic carbocycles. The second kappa shape index (κ2) is 17.8. The van der Waals surface area contributed by atoms with E-state index >= 15 is 0 Å². The number of nitrogens with zero attached hydrogens (tertiary/aromatic N) is 3. The van der Waals surface area contributed by atoms with E-state index in [0.717, 1.165) is 29.3 Å². The van der Waals surface area contributed by atoms with Crippen molar-refractivity contribution in [3.63, 3.8) is 0 Å². The van der Waals surface area contributed by atoms with Crippen molar-refractivity contribution in [2.75, 3.05) is 31.6 Å². The van der Waals surface area contributed by atoms with Gasteiger partial charge in [-0.25, -0.2) is 13.8 Å². The zero-order chi connectivity index (χ0) is 29.4. The SMILES string of the molecule is C/C=C\N=C(Nc1ccc(C(=O)N(CCO)CCO)c(C)c1)C(C)=N/C=C(\C)c1ccc(C)cc1.CC(F)F. The third-order valence-corrected chi connectivity index (χ3v) is 5.40. The molecular formula is C30H40F2N4O3. The molecule has 0 aromatic heterocycles. The van der Waals surface area contributed by atoms with Crippen LogP contribution in [0.4, 0.5) is 14.5 Å². The van der Waals surface area contributed by atoms with Gasteiger partial charge in [0.25, 0.3) is 5.91 Å². The number of carbonyl (C=O) groups is 1. The second-order valence-electron chi connectivity index (χ2n) is 8.77. The van der Waals surface area contributed by atoms with E-state index < -0.39 is 6.43 Å². The van der Waals surface area contributed by atoms with Gasteiger partial charge in [0.1, 0.15) is 0 Å². The number of aliphatic hydroxyl groups excluding tert-OH is 2. The first-order valence-corrected chi connectivity index (χ1v) is 12.7. The first-order chi connectivity index (χ1) is 18.5. The van der Waals surface area contributed by atoms with Gasteiger partial charge >= 0.3 is 0 Å². The van der Waals surface area contributed by atoms with Gasteiger partial charge in [0, 0.05) is 36.7 Å². The molecule has 39 heavy (non-hydrogen) atoms. The molecule has 0 unspecified atom stereocenters. The molecule has 0 radical (unpaired) electrons. The summed E-state index contributed by atoms with van der Waals surface area (Å²) in [5.74, 6) is 0.367. The summed E-state index contributed by atoms with van der Waals surface area (Å²) in [6, 6.07) is 13.7. The monoisotopic (exact) mass is 542 g/mol. The number of rotatable bonds is 10. The number of amidine groups is 1. The Morgan fingerprint density at radius 2 is 1.62 bits per heavy atom. The molecule has 7 nitrogen and oxygen atoms in total. The maximum Gasteiger partial charge on any atom is 0.254 e. The van der Waals surface area contributed by atoms with Crippen LogP contribution in [0.25, 0.3) is 5.57 Å². The van der Waals surface area contributed by atoms with Crippen LogP contribution in [0, 0.1) is 13.8 Å². The van der Waals surface area contributed by atoms with Crippen molar-refractivity contribution in [3.8, 4) is 0 Å². The fourth-order valence-corrected chi connectivity index (χ4v) is 3.36. The van der Waals surface area contributed by atoms with Gasteiger partial charge in [-0.3, -0.25) is 9.79 Å². The number of hydrogen-bond acceptors (Lipinski definition) is 5. The Hall–Kier alpha value is -3.69. The number of hydrogen-bond donors (Lipinski definition) is 3. The number of alkyl halides is 2. The summed E-state index contributed by atoms with van der Waals surface area (Å²) in [6.07, 6.45) is 3.20. The fraction of sp³-hybridized carbons (Fsp3) is 0.367. The summed E-state index contributed by atoms with van der Waals surface area (Å²) in [6.45, 7) is 10.6. The van der Waals surface area contributed by atoms with Gasteiger partial charge in [-0.2, -0.15) is 0 Å². The maximum absolute atomic E-state index is 12.8. The van der Waals surface area contributed by atoms with E-state index in [1.165, 1.54) is 10.5 Å². The van der Waals surface area contributed by atoms with E-state index in [4.69, 9.17) is 0 Å². The molecule has 1 amide bonds. The van der Waals surface area contributed by atoms with E-state index in [-0.39, 0.29) is 32.2 Å². The molecule has 2 aromatic rings. The molecule has 2 aromatic carbocycles. The highest BCUT2D eigenvalue weighted by Gasteiger charge is 2.17. The topological polar surface area (TPSA) is 97.5 Å². The molecule has 0 atom stereocenters. The molecule has 0 fully saturated rings. The van der Waals surface area contributed by atoms with E-state index in [2.05, 4.69) is 46.5 Å². The van der Waals surface area contributed by atoms with Gasteiger partial charge in [-0.1, -0.05) is 35.9 Å². The lowest BCUT2D eigenvalue weighted by atomic mass is 10.1. The van der Waals surface area contributed by atoms with Crippen LogP contribution in [0.3, 0.4) is 0 Å². The van der Waals surface area contributed by atoms with Crippen molar-refractivity contribution < 1.29 is 23.8 Å². The Labute approximate surface area is 230 Å². The third-order valence-electron chi connectivity index (χ3n) is 5.40. The van der Waals surface area contributed by atoms with E-state index in [1.54, 1.807) is 12.3 Å². The van der Waals surface area contributed by atoms with Crippen LogP contribution < -0.4 is 5.32 Å². The highest BCUT2D eigenvalue weighted by molar-refractivity contribution is 6.45. The highest BCUT2D eigenvalue weighted by Crippen LogP contribution is 2.18. The summed E-state index contributed by atoms with van der Waals surface area (Å²) in [7, 11) is 0. The summed E-state index contributed by atoms with van der Waals surface area (Å²) >= 11 is 0. The van der Waals surface area contributed by atoms with Crippen molar-refractivity contribution in [3.05, 3.63) is 83.2 Å². The number of carbonyl (C=O) groups excluding carboxylic acids is 1. The van der Waals surface area contributed by atoms with Crippen LogP contribution in [0.2, 0.25) is 0 Å². The molecule has 0 saturated heterocycles. The predicted octanol–water partition coefficient (Wildman–Crippen LogP) is 5.87. The first kappa shape index (κ1) is 33.3. The number of nitrogens with one attached hydrogen (secondary N) is 1. The number of anilines is 1. The molecule has 2 rings (SSSR count). The van der Waals surface area contributed by atoms with Crippen LogP contribution >= 0.6 is 0 Å². The van der Waals surface area contributed by atoms with E-state index in [0.29, 0.717) is 17.1 Å². The summed E-state index contributed by atoms with van der Waals surface area (Å²) in [5, 5.41) is 21.8. The number of halogens is 2. The fourth-order valence-electron chi connectivity index (χ4n) is 3.36. The molecule has 0 heterocycles. The Balaban J connectivity index is 0.00000177. The molecular weight excluding hydrogens is 502 g/mol. The maximum atomic E-state index is 12.8. The number of benzene rings is 2. The lowest BCUT2D eigenvalue weighted by molar-refractivity contribution is 0.0684. The van der Waals surface area contributed by atoms with E-state index in [9.17, 15) is 23.8 Å². The smallest absolute Gasteiger partial charge is 0.254 e. The average Bonchev–Trinajstić information content (AvgIpc) is 2.89. The molecule has 0 spiro atoms. The van der Waals surface area contributed by atoms with Crippen LogP contribution in [-0.2, 0) is 0 Å². The van der Waals surface area contributed by atoms with Crippen LogP contribution in [-0.4, -0.2) is 65.3 Å². The van der Waals surface area contributed by atoms with Gasteiger partial charge in [0.05, 0.1) is 18.9 Å². The zero-order valence-corrected chi connectivity index (χ0v) is 23.6. The van der Waals surface area contributed by atoms with Gasteiger partial charge in [-0.15, -0.1) is 0 Å². The van der Waals surface area contributed by atoms with Gasteiger partial charge in [0.2, 0.25) is 6.43 Å². The van der Waals surface area contributed by atoms with Crippen molar-refractivity contribution in [2.45, 2.75) is 48.0 Å². The zero-order valence-electron chi connectivity index (χ0n) is 23.6. The number of allylic oxidation sites excluding steroid dienone is 2. The molecule has 3 N–H and O–H groups in total. The number of aliphatic imine (C=N–C) groups is 2. The molecule has 0 aliphatic heterocycles. The Morgan fingerprint density at radius 3 is 2.13 bits per heavy atom. The van der Waals surface area contributed by atoms with Crippen molar-refractivity contribution >= 4 is 28.7 Å². The van der Waals surface area contributed by atoms with E-state index in [1.807, 2.05) is 52.1 Å². The Kier molecular flexibility index (Phi) is 15.2. The van der Waals surface area contributed by atoms with Crippen molar-refractivity contribution in [1.29, 1.82) is 0 Å². The minimum atomic E-state index is -2.17. The lowest BCUT2D eigenvalue weighted by Crippen LogP contribution is -2.36. The lowest BCUT2D eigenvalue weighted by Gasteiger charge is -2.22. The molecule has 0 bridgehead atoms. The van der Waals surface area contributed by atoms with Crippen LogP contribution in [0.15, 0.2) is 70.9 Å². The first-order valence-electron chi connectivity index (χ1n) is 12.7. The molecule has 9 heteroatoms. The average molecular weight is 543 g/mol. The molecule has 212 valence electrons. The quantitative estimate of drug-likeness (QED) is 0.258. The van der Waals surface area contributed by atoms with Crippen LogP contribution in [0.5, 0.6) is 0 Å². The Bertz CT molecular complexity index is 1160. The normalized spacial score (nSPS) is 12.4. The minimum absolute atomic E-state index is 0.161. The highest BCUT2D eigenvalue weighted by atomic mass is 19.3. The molecule has 0 aliphatic rings. The largest absolute Gasteiger partial charge is 0.395 e. The third kappa shape index (κ3) is 12.1. The molecule has 0 saturated carbocycles. The standard InChI is InChI=1S/C28H36N4O3.C2H4F2/c1-6-13-29-27(23(5)30-19-22(4)24-9-7-20(2)8-10-24)31-25-11-12-26(21(3)18-25)28(35)32(14-16-33)15-17-34;1-2(3)4/h6-13,18-19,33-34H,14-17H2,1-5H3,(H,29,31);2H,1H3/b13-6-,22-19+,30-23?;. The Morgan fingerprint density at radius 1 is 1.03 bits per heavy atom. The summed E-state index contributed by atoms with van der Waals surface area (Å²) in [5.41, 5.74) is 6.14. The summed E-state index contributed by atoms with van der Waals surface area (Å²) < 4.78 is 20.7. The number of amides is 1. The minimum Gasteiger partial charge on any atom is -0.395 e. The summed E-state index contributed by atoms with van der Waals surface area (Å²) in [4.78, 5) is 23.4. The predicted molar refractivity (Wildman–Crippen MR) is 157 cm³/mol. The number of aliphatic hydroxyl groups is 2. The number of aryl methyl sites for hydroxylation is 2. The van der Waals surface area contributed by atoms with Crippen molar-refractivity contribution in [2.24, 2.45) is 9.98 Å². The second-order valence-corrected chi connectivity index (χ2v) is 8.77. The van der Waals surface area contributed by atoms with Gasteiger partial charge in [-0.05, 0) is 76.4 Å². The van der Waals surface area contributed by atoms with Crippen molar-refractivity contribution in [1.82, 2.24) is 4.90 Å². The van der Waals surface area contributed by atoms with Gasteiger partial charge < -0.3 is 20.4 Å². The van der Waals surface area contributed by atoms with Gasteiger partial charge in [0.15, 0.2) is 5.84 Å². The van der Waals surface area contributed by atoms with Crippen LogP contribution in [0.1, 0.15) is 54.7 Å².